The van der Waals surface area contributed by atoms with Gasteiger partial charge in [-0.05, 0) is 30.0 Å². The van der Waals surface area contributed by atoms with Crippen LogP contribution in [0.4, 0.5) is 5.69 Å². The zero-order valence-corrected chi connectivity index (χ0v) is 12.0. The Bertz CT molecular complexity index is 456. The minimum absolute atomic E-state index is 0.125. The molecule has 0 aliphatic carbocycles. The van der Waals surface area contributed by atoms with Crippen LogP contribution in [0.2, 0.25) is 0 Å². The Morgan fingerprint density at radius 2 is 2.11 bits per heavy atom. The number of benzene rings is 1. The molecule has 2 N–H and O–H groups in total. The highest BCUT2D eigenvalue weighted by Gasteiger charge is 2.21. The van der Waals surface area contributed by atoms with Gasteiger partial charge in [0.15, 0.2) is 0 Å². The fourth-order valence-corrected chi connectivity index (χ4v) is 2.69. The predicted molar refractivity (Wildman–Crippen MR) is 79.2 cm³/mol. The van der Waals surface area contributed by atoms with E-state index in [9.17, 15) is 4.79 Å². The van der Waals surface area contributed by atoms with Crippen molar-refractivity contribution in [3.05, 3.63) is 29.3 Å². The number of nitrogens with two attached hydrogens (primary N) is 1. The average Bonchev–Trinajstić information content (AvgIpc) is 2.43. The molecule has 1 amide bonds. The monoisotopic (exact) mass is 260 g/mol. The van der Waals surface area contributed by atoms with Crippen molar-refractivity contribution in [3.63, 3.8) is 0 Å². The molecule has 2 rings (SSSR count). The smallest absolute Gasteiger partial charge is 0.227 e. The first kappa shape index (κ1) is 14.1. The molecule has 3 heteroatoms. The van der Waals surface area contributed by atoms with Gasteiger partial charge in [-0.1, -0.05) is 38.3 Å². The molecule has 1 heterocycles. The summed E-state index contributed by atoms with van der Waals surface area (Å²) in [6.07, 6.45) is 6.15. The number of nitrogens with zero attached hydrogens (tertiary/aromatic N) is 1. The van der Waals surface area contributed by atoms with Gasteiger partial charge in [-0.15, -0.1) is 0 Å². The summed E-state index contributed by atoms with van der Waals surface area (Å²) in [5.74, 6) is 0.201. The Hall–Kier alpha value is -1.35. The number of hydrogen-bond donors (Lipinski definition) is 1. The molecule has 0 saturated heterocycles. The second kappa shape index (κ2) is 6.20. The minimum Gasteiger partial charge on any atom is -0.324 e. The number of unbranched alkanes of at least 4 members (excludes halogenated alkanes) is 2. The largest absolute Gasteiger partial charge is 0.324 e. The number of carbonyl (C=O) groups is 1. The molecule has 0 bridgehead atoms. The summed E-state index contributed by atoms with van der Waals surface area (Å²) in [7, 11) is 1.85. The van der Waals surface area contributed by atoms with Crippen LogP contribution in [-0.4, -0.2) is 13.0 Å². The molecule has 0 radical (unpaired) electrons. The summed E-state index contributed by atoms with van der Waals surface area (Å²) in [5.41, 5.74) is 9.75. The fourth-order valence-electron chi connectivity index (χ4n) is 2.69. The van der Waals surface area contributed by atoms with E-state index in [0.717, 1.165) is 18.5 Å². The molecule has 19 heavy (non-hydrogen) atoms. The summed E-state index contributed by atoms with van der Waals surface area (Å²) in [5, 5.41) is 0. The van der Waals surface area contributed by atoms with Gasteiger partial charge in [0.2, 0.25) is 5.91 Å². The van der Waals surface area contributed by atoms with Crippen molar-refractivity contribution in [2.45, 2.75) is 51.5 Å². The SMILES string of the molecule is CCCCCC(N)c1ccc2c(c1)CCC(=O)N2C. The molecule has 1 aliphatic heterocycles. The number of amides is 1. The summed E-state index contributed by atoms with van der Waals surface area (Å²) >= 11 is 0. The highest BCUT2D eigenvalue weighted by molar-refractivity contribution is 5.95. The average molecular weight is 260 g/mol. The number of rotatable bonds is 5. The normalized spacial score (nSPS) is 16.4. The van der Waals surface area contributed by atoms with Crippen LogP contribution in [0.25, 0.3) is 0 Å². The second-order valence-electron chi connectivity index (χ2n) is 5.44. The Labute approximate surface area is 115 Å². The number of hydrogen-bond acceptors (Lipinski definition) is 2. The standard InChI is InChI=1S/C16H24N2O/c1-3-4-5-6-14(17)12-7-9-15-13(11-12)8-10-16(19)18(15)2/h7,9,11,14H,3-6,8,10,17H2,1-2H3. The molecular weight excluding hydrogens is 236 g/mol. The molecule has 1 atom stereocenters. The number of fused-ring (bicyclic) bond motifs is 1. The lowest BCUT2D eigenvalue weighted by Crippen LogP contribution is -2.31. The summed E-state index contributed by atoms with van der Waals surface area (Å²) in [6, 6.07) is 6.43. The minimum atomic E-state index is 0.125. The van der Waals surface area contributed by atoms with E-state index in [1.54, 1.807) is 4.90 Å². The third-order valence-electron chi connectivity index (χ3n) is 3.99. The summed E-state index contributed by atoms with van der Waals surface area (Å²) < 4.78 is 0. The van der Waals surface area contributed by atoms with Gasteiger partial charge in [0.1, 0.15) is 0 Å². The van der Waals surface area contributed by atoms with E-state index in [1.807, 2.05) is 13.1 Å². The van der Waals surface area contributed by atoms with Crippen LogP contribution in [0.5, 0.6) is 0 Å². The lowest BCUT2D eigenvalue weighted by atomic mass is 9.94. The Morgan fingerprint density at radius 1 is 1.32 bits per heavy atom. The van der Waals surface area contributed by atoms with Crippen molar-refractivity contribution >= 4 is 11.6 Å². The van der Waals surface area contributed by atoms with E-state index in [4.69, 9.17) is 5.73 Å². The Morgan fingerprint density at radius 3 is 2.84 bits per heavy atom. The summed E-state index contributed by atoms with van der Waals surface area (Å²) in [4.78, 5) is 13.4. The molecule has 1 aromatic rings. The predicted octanol–water partition coefficient (Wildman–Crippen LogP) is 3.18. The number of aryl methyl sites for hydroxylation is 1. The lowest BCUT2D eigenvalue weighted by Gasteiger charge is -2.26. The molecular formula is C16H24N2O. The Balaban J connectivity index is 2.10. The first-order valence-electron chi connectivity index (χ1n) is 7.28. The van der Waals surface area contributed by atoms with E-state index in [2.05, 4.69) is 19.1 Å². The zero-order chi connectivity index (χ0) is 13.8. The van der Waals surface area contributed by atoms with Gasteiger partial charge in [0.25, 0.3) is 0 Å². The number of carbonyl (C=O) groups excluding carboxylic acids is 1. The molecule has 0 saturated carbocycles. The van der Waals surface area contributed by atoms with E-state index in [1.165, 1.54) is 30.4 Å². The molecule has 0 spiro atoms. The molecule has 0 aromatic heterocycles. The van der Waals surface area contributed by atoms with E-state index in [0.29, 0.717) is 6.42 Å². The van der Waals surface area contributed by atoms with Crippen LogP contribution in [0, 0.1) is 0 Å². The van der Waals surface area contributed by atoms with Crippen LogP contribution in [0.15, 0.2) is 18.2 Å². The van der Waals surface area contributed by atoms with Crippen LogP contribution < -0.4 is 10.6 Å². The van der Waals surface area contributed by atoms with Crippen LogP contribution in [0.1, 0.15) is 56.2 Å². The fraction of sp³-hybridized carbons (Fsp3) is 0.562. The molecule has 3 nitrogen and oxygen atoms in total. The quantitative estimate of drug-likeness (QED) is 0.826. The lowest BCUT2D eigenvalue weighted by molar-refractivity contribution is -0.118. The van der Waals surface area contributed by atoms with Crippen molar-refractivity contribution in [1.82, 2.24) is 0 Å². The van der Waals surface area contributed by atoms with Gasteiger partial charge in [-0.25, -0.2) is 0 Å². The van der Waals surface area contributed by atoms with Crippen LogP contribution >= 0.6 is 0 Å². The maximum absolute atomic E-state index is 11.7. The van der Waals surface area contributed by atoms with Crippen LogP contribution in [0.3, 0.4) is 0 Å². The van der Waals surface area contributed by atoms with Crippen molar-refractivity contribution in [3.8, 4) is 0 Å². The van der Waals surface area contributed by atoms with E-state index < -0.39 is 0 Å². The zero-order valence-electron chi connectivity index (χ0n) is 12.0. The van der Waals surface area contributed by atoms with Crippen molar-refractivity contribution < 1.29 is 4.79 Å². The van der Waals surface area contributed by atoms with Gasteiger partial charge in [0, 0.05) is 25.2 Å². The molecule has 0 fully saturated rings. The van der Waals surface area contributed by atoms with Crippen molar-refractivity contribution in [2.24, 2.45) is 5.73 Å². The maximum Gasteiger partial charge on any atom is 0.227 e. The Kier molecular flexibility index (Phi) is 4.59. The highest BCUT2D eigenvalue weighted by Crippen LogP contribution is 2.30. The third kappa shape index (κ3) is 3.16. The van der Waals surface area contributed by atoms with Crippen molar-refractivity contribution in [1.29, 1.82) is 0 Å². The topological polar surface area (TPSA) is 46.3 Å². The molecule has 1 unspecified atom stereocenters. The summed E-state index contributed by atoms with van der Waals surface area (Å²) in [6.45, 7) is 2.21. The van der Waals surface area contributed by atoms with Crippen molar-refractivity contribution in [2.75, 3.05) is 11.9 Å². The first-order chi connectivity index (χ1) is 9.13. The van der Waals surface area contributed by atoms with Gasteiger partial charge in [0.05, 0.1) is 0 Å². The van der Waals surface area contributed by atoms with Crippen LogP contribution in [-0.2, 0) is 11.2 Å². The molecule has 104 valence electrons. The van der Waals surface area contributed by atoms with Gasteiger partial charge >= 0.3 is 0 Å². The van der Waals surface area contributed by atoms with Gasteiger partial charge in [-0.3, -0.25) is 4.79 Å². The second-order valence-corrected chi connectivity index (χ2v) is 5.44. The molecule has 1 aliphatic rings. The van der Waals surface area contributed by atoms with E-state index in [-0.39, 0.29) is 11.9 Å². The highest BCUT2D eigenvalue weighted by atomic mass is 16.2. The van der Waals surface area contributed by atoms with Gasteiger partial charge in [-0.2, -0.15) is 0 Å². The maximum atomic E-state index is 11.7. The first-order valence-corrected chi connectivity index (χ1v) is 7.28. The van der Waals surface area contributed by atoms with Gasteiger partial charge < -0.3 is 10.6 Å². The van der Waals surface area contributed by atoms with E-state index >= 15 is 0 Å². The molecule has 1 aromatic carbocycles. The number of anilines is 1. The third-order valence-corrected chi connectivity index (χ3v) is 3.99.